The molecule has 1 aromatic heterocycles. The van der Waals surface area contributed by atoms with Gasteiger partial charge in [-0.1, -0.05) is 31.7 Å². The Labute approximate surface area is 148 Å². The number of nitrogens with zero attached hydrogens (tertiary/aromatic N) is 2. The van der Waals surface area contributed by atoms with E-state index >= 15 is 0 Å². The van der Waals surface area contributed by atoms with Crippen LogP contribution in [0.3, 0.4) is 0 Å². The normalized spacial score (nSPS) is 15.2. The standard InChI is InChI=1S/C19H25N5O/c1-14(25)22-16-9-6-10-17(11-16)24-19-12-18(20-13-21-19)23-15-7-4-2-3-5-8-15/h6,9-13,15H,2-5,7-8H2,1H3,(H,22,25)(H2,20,21,23,24). The first-order chi connectivity index (χ1) is 12.2. The third kappa shape index (κ3) is 5.45. The second-order valence-corrected chi connectivity index (χ2v) is 6.51. The molecule has 1 heterocycles. The van der Waals surface area contributed by atoms with Crippen LogP contribution in [-0.2, 0) is 4.79 Å². The molecule has 0 unspecified atom stereocenters. The Morgan fingerprint density at radius 2 is 1.72 bits per heavy atom. The maximum Gasteiger partial charge on any atom is 0.221 e. The smallest absolute Gasteiger partial charge is 0.221 e. The highest BCUT2D eigenvalue weighted by molar-refractivity contribution is 5.89. The van der Waals surface area contributed by atoms with E-state index in [1.54, 1.807) is 6.33 Å². The predicted molar refractivity (Wildman–Crippen MR) is 101 cm³/mol. The van der Waals surface area contributed by atoms with Crippen molar-refractivity contribution in [1.82, 2.24) is 9.97 Å². The van der Waals surface area contributed by atoms with E-state index in [0.717, 1.165) is 23.0 Å². The Kier molecular flexibility index (Phi) is 5.82. The molecule has 0 spiro atoms. The number of hydrogen-bond acceptors (Lipinski definition) is 5. The molecule has 1 aliphatic rings. The molecule has 3 rings (SSSR count). The number of nitrogens with one attached hydrogen (secondary N) is 3. The highest BCUT2D eigenvalue weighted by Crippen LogP contribution is 2.23. The zero-order chi connectivity index (χ0) is 17.5. The minimum absolute atomic E-state index is 0.0888. The van der Waals surface area contributed by atoms with E-state index < -0.39 is 0 Å². The van der Waals surface area contributed by atoms with Crippen LogP contribution in [0.2, 0.25) is 0 Å². The van der Waals surface area contributed by atoms with E-state index in [1.165, 1.54) is 45.4 Å². The van der Waals surface area contributed by atoms with Gasteiger partial charge < -0.3 is 16.0 Å². The summed E-state index contributed by atoms with van der Waals surface area (Å²) in [6.07, 6.45) is 9.20. The quantitative estimate of drug-likeness (QED) is 0.707. The zero-order valence-electron chi connectivity index (χ0n) is 14.6. The summed E-state index contributed by atoms with van der Waals surface area (Å²) < 4.78 is 0. The summed E-state index contributed by atoms with van der Waals surface area (Å²) in [5, 5.41) is 9.58. The molecule has 2 aromatic rings. The monoisotopic (exact) mass is 339 g/mol. The SMILES string of the molecule is CC(=O)Nc1cccc(Nc2cc(NC3CCCCCC3)ncn2)c1. The summed E-state index contributed by atoms with van der Waals surface area (Å²) in [6.45, 7) is 1.50. The van der Waals surface area contributed by atoms with Crippen LogP contribution in [0.25, 0.3) is 0 Å². The molecule has 1 saturated carbocycles. The first-order valence-corrected chi connectivity index (χ1v) is 8.92. The van der Waals surface area contributed by atoms with Gasteiger partial charge in [0, 0.05) is 30.4 Å². The molecule has 0 atom stereocenters. The van der Waals surface area contributed by atoms with Crippen LogP contribution >= 0.6 is 0 Å². The van der Waals surface area contributed by atoms with Gasteiger partial charge in [-0.25, -0.2) is 9.97 Å². The Balaban J connectivity index is 1.66. The third-order valence-electron chi connectivity index (χ3n) is 4.33. The van der Waals surface area contributed by atoms with Crippen LogP contribution in [0.1, 0.15) is 45.4 Å². The number of carbonyl (C=O) groups excluding carboxylic acids is 1. The summed E-state index contributed by atoms with van der Waals surface area (Å²) in [4.78, 5) is 19.8. The molecule has 1 amide bonds. The molecule has 25 heavy (non-hydrogen) atoms. The van der Waals surface area contributed by atoms with Gasteiger partial charge in [-0.2, -0.15) is 0 Å². The van der Waals surface area contributed by atoms with Gasteiger partial charge in [-0.3, -0.25) is 4.79 Å². The van der Waals surface area contributed by atoms with Crippen molar-refractivity contribution in [3.63, 3.8) is 0 Å². The zero-order valence-corrected chi connectivity index (χ0v) is 14.6. The van der Waals surface area contributed by atoms with E-state index in [4.69, 9.17) is 0 Å². The molecule has 0 aliphatic heterocycles. The molecule has 132 valence electrons. The molecular weight excluding hydrogens is 314 g/mol. The van der Waals surface area contributed by atoms with Crippen molar-refractivity contribution in [2.75, 3.05) is 16.0 Å². The summed E-state index contributed by atoms with van der Waals surface area (Å²) in [7, 11) is 0. The van der Waals surface area contributed by atoms with Crippen molar-refractivity contribution in [3.05, 3.63) is 36.7 Å². The van der Waals surface area contributed by atoms with Gasteiger partial charge in [0.2, 0.25) is 5.91 Å². The number of anilines is 4. The Morgan fingerprint density at radius 1 is 1.00 bits per heavy atom. The van der Waals surface area contributed by atoms with Crippen LogP contribution in [0, 0.1) is 0 Å². The lowest BCUT2D eigenvalue weighted by Gasteiger charge is -2.17. The maximum atomic E-state index is 11.2. The van der Waals surface area contributed by atoms with E-state index in [-0.39, 0.29) is 5.91 Å². The number of hydrogen-bond donors (Lipinski definition) is 3. The molecular formula is C19H25N5O. The van der Waals surface area contributed by atoms with Crippen LogP contribution < -0.4 is 16.0 Å². The molecule has 6 nitrogen and oxygen atoms in total. The van der Waals surface area contributed by atoms with Crippen LogP contribution in [0.5, 0.6) is 0 Å². The number of aromatic nitrogens is 2. The largest absolute Gasteiger partial charge is 0.367 e. The van der Waals surface area contributed by atoms with Crippen LogP contribution in [0.4, 0.5) is 23.0 Å². The molecule has 0 bridgehead atoms. The van der Waals surface area contributed by atoms with Gasteiger partial charge in [0.25, 0.3) is 0 Å². The summed E-state index contributed by atoms with van der Waals surface area (Å²) in [5.41, 5.74) is 1.62. The van der Waals surface area contributed by atoms with Crippen molar-refractivity contribution in [1.29, 1.82) is 0 Å². The van der Waals surface area contributed by atoms with E-state index in [9.17, 15) is 4.79 Å². The first-order valence-electron chi connectivity index (χ1n) is 8.92. The minimum atomic E-state index is -0.0888. The van der Waals surface area contributed by atoms with Crippen molar-refractivity contribution < 1.29 is 4.79 Å². The van der Waals surface area contributed by atoms with Crippen molar-refractivity contribution in [2.24, 2.45) is 0 Å². The van der Waals surface area contributed by atoms with Crippen molar-refractivity contribution in [2.45, 2.75) is 51.5 Å². The third-order valence-corrected chi connectivity index (χ3v) is 4.33. The van der Waals surface area contributed by atoms with Crippen LogP contribution in [-0.4, -0.2) is 21.9 Å². The highest BCUT2D eigenvalue weighted by atomic mass is 16.1. The predicted octanol–water partition coefficient (Wildman–Crippen LogP) is 4.31. The molecule has 0 radical (unpaired) electrons. The van der Waals surface area contributed by atoms with E-state index in [0.29, 0.717) is 6.04 Å². The van der Waals surface area contributed by atoms with Crippen molar-refractivity contribution in [3.8, 4) is 0 Å². The number of rotatable bonds is 5. The molecule has 3 N–H and O–H groups in total. The topological polar surface area (TPSA) is 78.9 Å². The van der Waals surface area contributed by atoms with Gasteiger partial charge in [0.1, 0.15) is 18.0 Å². The van der Waals surface area contributed by atoms with Gasteiger partial charge in [-0.05, 0) is 31.0 Å². The number of benzene rings is 1. The minimum Gasteiger partial charge on any atom is -0.367 e. The van der Waals surface area contributed by atoms with Gasteiger partial charge in [-0.15, -0.1) is 0 Å². The highest BCUT2D eigenvalue weighted by Gasteiger charge is 2.12. The molecule has 0 saturated heterocycles. The van der Waals surface area contributed by atoms with E-state index in [2.05, 4.69) is 25.9 Å². The number of carbonyl (C=O) groups is 1. The Bertz CT molecular complexity index is 710. The van der Waals surface area contributed by atoms with Gasteiger partial charge in [0.15, 0.2) is 0 Å². The van der Waals surface area contributed by atoms with E-state index in [1.807, 2.05) is 30.3 Å². The van der Waals surface area contributed by atoms with Gasteiger partial charge >= 0.3 is 0 Å². The summed E-state index contributed by atoms with van der Waals surface area (Å²) in [5.74, 6) is 1.49. The fraction of sp³-hybridized carbons (Fsp3) is 0.421. The fourth-order valence-electron chi connectivity index (χ4n) is 3.16. The lowest BCUT2D eigenvalue weighted by Crippen LogP contribution is -2.19. The molecule has 1 aliphatic carbocycles. The second kappa shape index (κ2) is 8.46. The first kappa shape index (κ1) is 17.2. The maximum absolute atomic E-state index is 11.2. The Morgan fingerprint density at radius 3 is 2.48 bits per heavy atom. The molecule has 1 aromatic carbocycles. The average Bonchev–Trinajstić information content (AvgIpc) is 2.83. The second-order valence-electron chi connectivity index (χ2n) is 6.51. The number of amides is 1. The lowest BCUT2D eigenvalue weighted by atomic mass is 10.1. The summed E-state index contributed by atoms with van der Waals surface area (Å²) >= 11 is 0. The molecule has 6 heteroatoms. The fourth-order valence-corrected chi connectivity index (χ4v) is 3.16. The van der Waals surface area contributed by atoms with Crippen molar-refractivity contribution >= 4 is 28.9 Å². The van der Waals surface area contributed by atoms with Gasteiger partial charge in [0.05, 0.1) is 0 Å². The molecule has 1 fully saturated rings. The lowest BCUT2D eigenvalue weighted by molar-refractivity contribution is -0.114. The Hall–Kier alpha value is -2.63. The summed E-state index contributed by atoms with van der Waals surface area (Å²) in [6, 6.07) is 9.97. The van der Waals surface area contributed by atoms with Crippen LogP contribution in [0.15, 0.2) is 36.7 Å². The average molecular weight is 339 g/mol.